The predicted molar refractivity (Wildman–Crippen MR) is 97.6 cm³/mol. The average Bonchev–Trinajstić information content (AvgIpc) is 2.34. The Morgan fingerprint density at radius 3 is 2.83 bits per heavy atom. The lowest BCUT2D eigenvalue weighted by Gasteiger charge is -2.34. The minimum Gasteiger partial charge on any atom is -0.357 e. The average molecular weight is 448 g/mol. The summed E-state index contributed by atoms with van der Waals surface area (Å²) in [5.74, 6) is 2.21. The van der Waals surface area contributed by atoms with Crippen LogP contribution in [0.3, 0.4) is 0 Å². The van der Waals surface area contributed by atoms with E-state index in [0.717, 1.165) is 35.3 Å². The Balaban J connectivity index is 0.00000289. The second-order valence-corrected chi connectivity index (χ2v) is 6.56. The molecule has 0 saturated carbocycles. The summed E-state index contributed by atoms with van der Waals surface area (Å²) in [6, 6.07) is 0. The van der Waals surface area contributed by atoms with Gasteiger partial charge in [-0.2, -0.15) is 11.8 Å². The molecule has 18 heavy (non-hydrogen) atoms. The largest absolute Gasteiger partial charge is 0.357 e. The van der Waals surface area contributed by atoms with Crippen LogP contribution in [0.4, 0.5) is 0 Å². The van der Waals surface area contributed by atoms with E-state index in [-0.39, 0.29) is 24.0 Å². The van der Waals surface area contributed by atoms with Crippen molar-refractivity contribution in [3.05, 3.63) is 11.1 Å². The normalized spacial score (nSPS) is 20.3. The highest BCUT2D eigenvalue weighted by atomic mass is 127. The molecule has 0 aromatic rings. The summed E-state index contributed by atoms with van der Waals surface area (Å²) in [7, 11) is 0. The third-order valence-electron chi connectivity index (χ3n) is 2.63. The first kappa shape index (κ1) is 18.6. The van der Waals surface area contributed by atoms with Gasteiger partial charge in [-0.25, -0.2) is 4.99 Å². The molecule has 6 heteroatoms. The van der Waals surface area contributed by atoms with Crippen molar-refractivity contribution in [1.29, 1.82) is 0 Å². The molecular weight excluding hydrogens is 425 g/mol. The van der Waals surface area contributed by atoms with Crippen LogP contribution in [0.25, 0.3) is 0 Å². The summed E-state index contributed by atoms with van der Waals surface area (Å²) >= 11 is 5.43. The summed E-state index contributed by atoms with van der Waals surface area (Å²) in [5, 5.41) is 4.09. The fourth-order valence-electron chi connectivity index (χ4n) is 1.75. The fourth-order valence-corrected chi connectivity index (χ4v) is 3.05. The molecule has 3 nitrogen and oxygen atoms in total. The first-order valence-electron chi connectivity index (χ1n) is 6.15. The molecule has 1 saturated heterocycles. The summed E-state index contributed by atoms with van der Waals surface area (Å²) in [6.07, 6.45) is 1.23. The number of aliphatic imine (C=N–C) groups is 1. The predicted octanol–water partition coefficient (Wildman–Crippen LogP) is 3.31. The second kappa shape index (κ2) is 10.4. The molecule has 0 amide bonds. The zero-order valence-corrected chi connectivity index (χ0v) is 15.8. The fraction of sp³-hybridized carbons (Fsp3) is 0.750. The van der Waals surface area contributed by atoms with Gasteiger partial charge in [0.15, 0.2) is 5.96 Å². The first-order valence-corrected chi connectivity index (χ1v) is 7.99. The summed E-state index contributed by atoms with van der Waals surface area (Å²) in [6.45, 7) is 11.9. The highest BCUT2D eigenvalue weighted by Crippen LogP contribution is 2.21. The number of thioether (sulfide) groups is 1. The molecule has 1 atom stereocenters. The SMILES string of the molecule is C=C(Br)CN=C(NCC)N1CCSC(CC)C1.I. The molecule has 1 rings (SSSR count). The lowest BCUT2D eigenvalue weighted by Crippen LogP contribution is -2.48. The molecule has 106 valence electrons. The molecule has 1 N–H and O–H groups in total. The number of guanidine groups is 1. The molecule has 0 bridgehead atoms. The third kappa shape index (κ3) is 6.65. The van der Waals surface area contributed by atoms with E-state index in [0.29, 0.717) is 6.54 Å². The van der Waals surface area contributed by atoms with Crippen molar-refractivity contribution >= 4 is 57.6 Å². The van der Waals surface area contributed by atoms with Crippen molar-refractivity contribution in [2.24, 2.45) is 4.99 Å². The molecule has 0 aromatic carbocycles. The number of hydrogen-bond donors (Lipinski definition) is 1. The van der Waals surface area contributed by atoms with Crippen LogP contribution in [0.5, 0.6) is 0 Å². The van der Waals surface area contributed by atoms with Crippen LogP contribution in [-0.4, -0.2) is 48.0 Å². The van der Waals surface area contributed by atoms with Crippen LogP contribution in [0.15, 0.2) is 16.1 Å². The maximum Gasteiger partial charge on any atom is 0.194 e. The van der Waals surface area contributed by atoms with Crippen LogP contribution >= 0.6 is 51.7 Å². The molecule has 0 spiro atoms. The Morgan fingerprint density at radius 1 is 1.56 bits per heavy atom. The summed E-state index contributed by atoms with van der Waals surface area (Å²) in [4.78, 5) is 6.95. The number of halogens is 2. The van der Waals surface area contributed by atoms with Crippen molar-refractivity contribution in [2.45, 2.75) is 25.5 Å². The van der Waals surface area contributed by atoms with Gasteiger partial charge in [0.25, 0.3) is 0 Å². The van der Waals surface area contributed by atoms with E-state index in [1.54, 1.807) is 0 Å². The van der Waals surface area contributed by atoms with E-state index in [1.165, 1.54) is 12.2 Å². The maximum absolute atomic E-state index is 4.58. The first-order chi connectivity index (χ1) is 8.17. The Bertz CT molecular complexity index is 286. The van der Waals surface area contributed by atoms with Crippen molar-refractivity contribution in [3.63, 3.8) is 0 Å². The van der Waals surface area contributed by atoms with Gasteiger partial charge in [-0.05, 0) is 13.3 Å². The molecule has 1 aliphatic heterocycles. The van der Waals surface area contributed by atoms with Gasteiger partial charge in [-0.15, -0.1) is 24.0 Å². The molecular formula is C12H23BrIN3S. The van der Waals surface area contributed by atoms with E-state index >= 15 is 0 Å². The molecule has 0 radical (unpaired) electrons. The van der Waals surface area contributed by atoms with E-state index in [9.17, 15) is 0 Å². The van der Waals surface area contributed by atoms with E-state index < -0.39 is 0 Å². The number of hydrogen-bond acceptors (Lipinski definition) is 2. The van der Waals surface area contributed by atoms with E-state index in [1.807, 2.05) is 0 Å². The minimum atomic E-state index is 0. The van der Waals surface area contributed by atoms with Crippen molar-refractivity contribution < 1.29 is 0 Å². The molecule has 1 aliphatic rings. The molecule has 1 fully saturated rings. The van der Waals surface area contributed by atoms with E-state index in [2.05, 4.69) is 63.3 Å². The van der Waals surface area contributed by atoms with Gasteiger partial charge in [-0.3, -0.25) is 0 Å². The van der Waals surface area contributed by atoms with Crippen molar-refractivity contribution in [3.8, 4) is 0 Å². The standard InChI is InChI=1S/C12H22BrN3S.HI/c1-4-11-9-16(6-7-17-11)12(14-5-2)15-8-10(3)13;/h11H,3-9H2,1-2H3,(H,14,15);1H. The van der Waals surface area contributed by atoms with E-state index in [4.69, 9.17) is 0 Å². The van der Waals surface area contributed by atoms with Crippen LogP contribution in [-0.2, 0) is 0 Å². The van der Waals surface area contributed by atoms with Gasteiger partial charge in [0, 0.05) is 35.1 Å². The molecule has 1 heterocycles. The molecule has 0 aromatic heterocycles. The third-order valence-corrected chi connectivity index (χ3v) is 4.25. The van der Waals surface area contributed by atoms with Gasteiger partial charge in [0.05, 0.1) is 6.54 Å². The van der Waals surface area contributed by atoms with Gasteiger partial charge in [-0.1, -0.05) is 29.4 Å². The van der Waals surface area contributed by atoms with Crippen LogP contribution < -0.4 is 5.32 Å². The van der Waals surface area contributed by atoms with Crippen LogP contribution in [0.1, 0.15) is 20.3 Å². The molecule has 0 aliphatic carbocycles. The van der Waals surface area contributed by atoms with Crippen molar-refractivity contribution in [2.75, 3.05) is 31.9 Å². The highest BCUT2D eigenvalue weighted by Gasteiger charge is 2.21. The summed E-state index contributed by atoms with van der Waals surface area (Å²) in [5.41, 5.74) is 0. The van der Waals surface area contributed by atoms with Crippen molar-refractivity contribution in [1.82, 2.24) is 10.2 Å². The summed E-state index contributed by atoms with van der Waals surface area (Å²) < 4.78 is 0.923. The quantitative estimate of drug-likeness (QED) is 0.407. The Kier molecular flexibility index (Phi) is 10.7. The van der Waals surface area contributed by atoms with Crippen LogP contribution in [0, 0.1) is 0 Å². The number of rotatable bonds is 4. The minimum absolute atomic E-state index is 0. The maximum atomic E-state index is 4.58. The smallest absolute Gasteiger partial charge is 0.194 e. The van der Waals surface area contributed by atoms with Gasteiger partial charge >= 0.3 is 0 Å². The monoisotopic (exact) mass is 447 g/mol. The topological polar surface area (TPSA) is 27.6 Å². The zero-order chi connectivity index (χ0) is 12.7. The number of nitrogens with zero attached hydrogens (tertiary/aromatic N) is 2. The van der Waals surface area contributed by atoms with Gasteiger partial charge in [0.2, 0.25) is 0 Å². The lowest BCUT2D eigenvalue weighted by atomic mass is 10.3. The second-order valence-electron chi connectivity index (χ2n) is 4.03. The van der Waals surface area contributed by atoms with Gasteiger partial charge in [0.1, 0.15) is 0 Å². The van der Waals surface area contributed by atoms with Crippen LogP contribution in [0.2, 0.25) is 0 Å². The number of nitrogens with one attached hydrogen (secondary N) is 1. The molecule has 1 unspecified atom stereocenters. The lowest BCUT2D eigenvalue weighted by molar-refractivity contribution is 0.409. The highest BCUT2D eigenvalue weighted by molar-refractivity contribution is 14.0. The zero-order valence-electron chi connectivity index (χ0n) is 11.1. The Morgan fingerprint density at radius 2 is 2.28 bits per heavy atom. The Labute approximate surface area is 140 Å². The van der Waals surface area contributed by atoms with Gasteiger partial charge < -0.3 is 10.2 Å². The Hall–Kier alpha value is 0.570.